The van der Waals surface area contributed by atoms with E-state index < -0.39 is 42.4 Å². The highest BCUT2D eigenvalue weighted by Crippen LogP contribution is 2.37. The number of hydrogen-bond acceptors (Lipinski definition) is 9. The maximum Gasteiger partial charge on any atom is 0.163 e. The van der Waals surface area contributed by atoms with Gasteiger partial charge in [0.05, 0.1) is 45.4 Å². The Labute approximate surface area is 234 Å². The third-order valence-electron chi connectivity index (χ3n) is 7.29. The molecule has 2 aliphatic rings. The smallest absolute Gasteiger partial charge is 0.163 e. The second kappa shape index (κ2) is 12.8. The van der Waals surface area contributed by atoms with Gasteiger partial charge in [0, 0.05) is 6.42 Å². The third kappa shape index (κ3) is 6.92. The van der Waals surface area contributed by atoms with Gasteiger partial charge in [-0.15, -0.1) is 0 Å². The van der Waals surface area contributed by atoms with Crippen LogP contribution in [0.1, 0.15) is 43.3 Å². The highest BCUT2D eigenvalue weighted by molar-refractivity contribution is 5.26. The fraction of sp³-hybridized carbons (Fsp3) is 0.484. The van der Waals surface area contributed by atoms with Gasteiger partial charge in [0.2, 0.25) is 0 Å². The summed E-state index contributed by atoms with van der Waals surface area (Å²) in [6.07, 6.45) is -3.62. The van der Waals surface area contributed by atoms with Crippen LogP contribution in [-0.4, -0.2) is 66.3 Å². The molecule has 9 nitrogen and oxygen atoms in total. The quantitative estimate of drug-likeness (QED) is 0.341. The summed E-state index contributed by atoms with van der Waals surface area (Å²) in [4.78, 5) is 0. The molecule has 1 aromatic heterocycles. The van der Waals surface area contributed by atoms with Crippen molar-refractivity contribution in [3.05, 3.63) is 89.9 Å². The van der Waals surface area contributed by atoms with Crippen molar-refractivity contribution in [1.29, 1.82) is 0 Å². The molecule has 3 aromatic rings. The highest BCUT2D eigenvalue weighted by Gasteiger charge is 2.52. The maximum absolute atomic E-state index is 11.3. The lowest BCUT2D eigenvalue weighted by atomic mass is 9.97. The Bertz CT molecular complexity index is 1170. The van der Waals surface area contributed by atoms with E-state index in [2.05, 4.69) is 0 Å². The zero-order valence-electron chi connectivity index (χ0n) is 23.1. The van der Waals surface area contributed by atoms with Crippen LogP contribution in [-0.2, 0) is 36.9 Å². The van der Waals surface area contributed by atoms with Gasteiger partial charge in [-0.2, -0.15) is 0 Å². The minimum absolute atomic E-state index is 0.226. The van der Waals surface area contributed by atoms with Crippen LogP contribution in [0, 0.1) is 0 Å². The molecule has 0 bridgehead atoms. The predicted octanol–water partition coefficient (Wildman–Crippen LogP) is 4.16. The van der Waals surface area contributed by atoms with Gasteiger partial charge < -0.3 is 43.1 Å². The Morgan fingerprint density at radius 2 is 1.60 bits per heavy atom. The van der Waals surface area contributed by atoms with Crippen LogP contribution in [0.25, 0.3) is 0 Å². The molecule has 2 fully saturated rings. The molecule has 9 heteroatoms. The molecule has 5 rings (SSSR count). The van der Waals surface area contributed by atoms with E-state index in [-0.39, 0.29) is 18.5 Å². The number of methoxy groups -OCH3 is 1. The Morgan fingerprint density at radius 1 is 0.900 bits per heavy atom. The lowest BCUT2D eigenvalue weighted by Gasteiger charge is -2.28. The molecule has 3 heterocycles. The van der Waals surface area contributed by atoms with E-state index in [1.165, 1.54) is 6.26 Å². The topological polar surface area (TPSA) is 109 Å². The average Bonchev–Trinajstić information content (AvgIpc) is 3.70. The second-order valence-corrected chi connectivity index (χ2v) is 10.7. The van der Waals surface area contributed by atoms with Crippen LogP contribution in [0.5, 0.6) is 5.75 Å². The largest absolute Gasteiger partial charge is 0.497 e. The summed E-state index contributed by atoms with van der Waals surface area (Å²) in [6, 6.07) is 20.7. The molecule has 1 unspecified atom stereocenters. The standard InChI is InChI=1S/C31H38O9/c1-31(2)38-19-23(40-31)16-25-28(36-17-20-8-5-4-6-9-20)30(37-18-21-11-13-22(34-3)14-12-21)29(39-25)27(33)26(32)24-10-7-15-35-24/h4-15,23,25-30,32-33H,16-19H2,1-3H3/t23-,25-,26+,27?,28+,29+,30+/m1/s1. The fourth-order valence-corrected chi connectivity index (χ4v) is 5.24. The Kier molecular flexibility index (Phi) is 9.22. The van der Waals surface area contributed by atoms with E-state index in [9.17, 15) is 10.2 Å². The lowest BCUT2D eigenvalue weighted by molar-refractivity contribution is -0.148. The molecule has 40 heavy (non-hydrogen) atoms. The number of benzene rings is 2. The van der Waals surface area contributed by atoms with Gasteiger partial charge in [-0.05, 0) is 49.2 Å². The van der Waals surface area contributed by atoms with Gasteiger partial charge >= 0.3 is 0 Å². The molecular formula is C31H38O9. The molecule has 2 saturated heterocycles. The maximum atomic E-state index is 11.3. The molecule has 2 N–H and O–H groups in total. The molecule has 0 aliphatic carbocycles. The van der Waals surface area contributed by atoms with Crippen LogP contribution in [0.3, 0.4) is 0 Å². The summed E-state index contributed by atoms with van der Waals surface area (Å²) in [5.41, 5.74) is 1.91. The number of aliphatic hydroxyl groups excluding tert-OH is 2. The molecule has 2 aromatic carbocycles. The monoisotopic (exact) mass is 554 g/mol. The van der Waals surface area contributed by atoms with Crippen molar-refractivity contribution in [2.45, 2.75) is 82.0 Å². The minimum Gasteiger partial charge on any atom is -0.497 e. The van der Waals surface area contributed by atoms with Crippen molar-refractivity contribution in [1.82, 2.24) is 0 Å². The van der Waals surface area contributed by atoms with Crippen molar-refractivity contribution in [3.8, 4) is 5.75 Å². The van der Waals surface area contributed by atoms with E-state index in [0.29, 0.717) is 19.6 Å². The van der Waals surface area contributed by atoms with Crippen molar-refractivity contribution in [3.63, 3.8) is 0 Å². The molecule has 216 valence electrons. The second-order valence-electron chi connectivity index (χ2n) is 10.7. The van der Waals surface area contributed by atoms with E-state index in [0.717, 1.165) is 16.9 Å². The summed E-state index contributed by atoms with van der Waals surface area (Å²) in [7, 11) is 1.62. The van der Waals surface area contributed by atoms with E-state index in [1.54, 1.807) is 19.2 Å². The van der Waals surface area contributed by atoms with Crippen molar-refractivity contribution >= 4 is 0 Å². The van der Waals surface area contributed by atoms with Crippen molar-refractivity contribution < 1.29 is 43.1 Å². The Balaban J connectivity index is 1.40. The van der Waals surface area contributed by atoms with Crippen LogP contribution < -0.4 is 4.74 Å². The van der Waals surface area contributed by atoms with Crippen LogP contribution in [0.2, 0.25) is 0 Å². The first-order chi connectivity index (χ1) is 19.3. The summed E-state index contributed by atoms with van der Waals surface area (Å²) >= 11 is 0. The third-order valence-corrected chi connectivity index (χ3v) is 7.29. The number of furan rings is 1. The number of rotatable bonds is 12. The summed E-state index contributed by atoms with van der Waals surface area (Å²) in [5.74, 6) is 0.292. The molecule has 0 radical (unpaired) electrons. The van der Waals surface area contributed by atoms with E-state index in [1.807, 2.05) is 68.4 Å². The zero-order chi connectivity index (χ0) is 28.1. The molecule has 7 atom stereocenters. The van der Waals surface area contributed by atoms with Gasteiger partial charge in [-0.3, -0.25) is 0 Å². The number of ether oxygens (including phenoxy) is 6. The van der Waals surface area contributed by atoms with Crippen molar-refractivity contribution in [2.75, 3.05) is 13.7 Å². The summed E-state index contributed by atoms with van der Waals surface area (Å²) < 4.78 is 41.8. The predicted molar refractivity (Wildman–Crippen MR) is 144 cm³/mol. The molecule has 2 aliphatic heterocycles. The van der Waals surface area contributed by atoms with Crippen molar-refractivity contribution in [2.24, 2.45) is 0 Å². The van der Waals surface area contributed by atoms with Gasteiger partial charge in [-0.1, -0.05) is 42.5 Å². The Morgan fingerprint density at radius 3 is 2.23 bits per heavy atom. The zero-order valence-corrected chi connectivity index (χ0v) is 23.1. The molecule has 0 amide bonds. The lowest BCUT2D eigenvalue weighted by Crippen LogP contribution is -2.44. The van der Waals surface area contributed by atoms with E-state index >= 15 is 0 Å². The van der Waals surface area contributed by atoms with Gasteiger partial charge in [0.1, 0.15) is 42.0 Å². The SMILES string of the molecule is COc1ccc(CO[C@H]2[C@@H](OCc3ccccc3)[C@@H](C[C@@H]3COC(C)(C)O3)O[C@H]2C(O)[C@@H](O)c2ccco2)cc1. The number of hydrogen-bond donors (Lipinski definition) is 2. The first kappa shape index (κ1) is 28.8. The summed E-state index contributed by atoms with van der Waals surface area (Å²) in [5, 5.41) is 22.3. The van der Waals surface area contributed by atoms with Crippen LogP contribution in [0.15, 0.2) is 77.4 Å². The normalized spacial score (nSPS) is 27.5. The van der Waals surface area contributed by atoms with E-state index in [4.69, 9.17) is 32.8 Å². The first-order valence-corrected chi connectivity index (χ1v) is 13.6. The highest BCUT2D eigenvalue weighted by atomic mass is 16.7. The first-order valence-electron chi connectivity index (χ1n) is 13.6. The average molecular weight is 555 g/mol. The van der Waals surface area contributed by atoms with Gasteiger partial charge in [0.25, 0.3) is 0 Å². The van der Waals surface area contributed by atoms with Gasteiger partial charge in [0.15, 0.2) is 5.79 Å². The van der Waals surface area contributed by atoms with Crippen LogP contribution in [0.4, 0.5) is 0 Å². The molecule has 0 saturated carbocycles. The summed E-state index contributed by atoms with van der Waals surface area (Å²) in [6.45, 7) is 4.73. The van der Waals surface area contributed by atoms with Crippen LogP contribution >= 0.6 is 0 Å². The fourth-order valence-electron chi connectivity index (χ4n) is 5.24. The molecular weight excluding hydrogens is 516 g/mol. The minimum atomic E-state index is -1.34. The van der Waals surface area contributed by atoms with Gasteiger partial charge in [-0.25, -0.2) is 0 Å². The molecule has 0 spiro atoms. The number of aliphatic hydroxyl groups is 2. The Hall–Kier alpha value is -2.76.